The van der Waals surface area contributed by atoms with Crippen molar-refractivity contribution in [2.45, 2.75) is 59.0 Å². The Labute approximate surface area is 122 Å². The lowest BCUT2D eigenvalue weighted by molar-refractivity contribution is 0.419. The normalized spacial score (nSPS) is 13.1. The SMILES string of the molecule is CCC(CCCl)CNCc1ccn(C(CC)CC)n1. The maximum absolute atomic E-state index is 5.80. The van der Waals surface area contributed by atoms with Crippen molar-refractivity contribution in [2.75, 3.05) is 12.4 Å². The summed E-state index contributed by atoms with van der Waals surface area (Å²) < 4.78 is 2.10. The molecule has 0 spiro atoms. The maximum Gasteiger partial charge on any atom is 0.0762 e. The first-order valence-corrected chi connectivity index (χ1v) is 8.09. The van der Waals surface area contributed by atoms with Gasteiger partial charge in [-0.05, 0) is 37.8 Å². The molecule has 0 aliphatic heterocycles. The van der Waals surface area contributed by atoms with Crippen LogP contribution in [-0.4, -0.2) is 22.2 Å². The van der Waals surface area contributed by atoms with Gasteiger partial charge in [-0.25, -0.2) is 0 Å². The number of halogens is 1. The van der Waals surface area contributed by atoms with Gasteiger partial charge in [0.05, 0.1) is 11.7 Å². The number of hydrogen-bond acceptors (Lipinski definition) is 2. The number of aromatic nitrogens is 2. The summed E-state index contributed by atoms with van der Waals surface area (Å²) in [4.78, 5) is 0. The molecule has 0 aliphatic carbocycles. The molecule has 0 fully saturated rings. The molecule has 1 aromatic heterocycles. The van der Waals surface area contributed by atoms with E-state index in [4.69, 9.17) is 11.6 Å². The molecule has 1 aromatic rings. The summed E-state index contributed by atoms with van der Waals surface area (Å²) in [5.74, 6) is 1.43. The maximum atomic E-state index is 5.80. The van der Waals surface area contributed by atoms with Gasteiger partial charge in [-0.2, -0.15) is 5.10 Å². The summed E-state index contributed by atoms with van der Waals surface area (Å²) in [6.07, 6.45) is 6.65. The van der Waals surface area contributed by atoms with Crippen LogP contribution in [-0.2, 0) is 6.54 Å². The fourth-order valence-corrected chi connectivity index (χ4v) is 2.66. The van der Waals surface area contributed by atoms with Gasteiger partial charge in [-0.1, -0.05) is 27.2 Å². The van der Waals surface area contributed by atoms with Gasteiger partial charge in [0, 0.05) is 18.6 Å². The van der Waals surface area contributed by atoms with Gasteiger partial charge in [0.25, 0.3) is 0 Å². The van der Waals surface area contributed by atoms with Crippen LogP contribution in [0.25, 0.3) is 0 Å². The van der Waals surface area contributed by atoms with Crippen molar-refractivity contribution in [3.8, 4) is 0 Å². The number of rotatable bonds is 10. The predicted molar refractivity (Wildman–Crippen MR) is 82.7 cm³/mol. The highest BCUT2D eigenvalue weighted by Gasteiger charge is 2.08. The van der Waals surface area contributed by atoms with E-state index in [9.17, 15) is 0 Å². The third-order valence-electron chi connectivity index (χ3n) is 3.81. The predicted octanol–water partition coefficient (Wildman–Crippen LogP) is 3.99. The first-order valence-electron chi connectivity index (χ1n) is 7.55. The van der Waals surface area contributed by atoms with E-state index in [2.05, 4.69) is 48.1 Å². The molecule has 0 bridgehead atoms. The van der Waals surface area contributed by atoms with Crippen LogP contribution >= 0.6 is 11.6 Å². The van der Waals surface area contributed by atoms with Crippen molar-refractivity contribution in [1.29, 1.82) is 0 Å². The Balaban J connectivity index is 2.37. The molecule has 3 nitrogen and oxygen atoms in total. The van der Waals surface area contributed by atoms with Crippen molar-refractivity contribution in [3.63, 3.8) is 0 Å². The van der Waals surface area contributed by atoms with E-state index in [0.717, 1.165) is 43.9 Å². The summed E-state index contributed by atoms with van der Waals surface area (Å²) in [5.41, 5.74) is 1.13. The third kappa shape index (κ3) is 5.53. The molecule has 1 atom stereocenters. The van der Waals surface area contributed by atoms with Crippen molar-refractivity contribution < 1.29 is 0 Å². The topological polar surface area (TPSA) is 29.9 Å². The monoisotopic (exact) mass is 285 g/mol. The van der Waals surface area contributed by atoms with Gasteiger partial charge in [0.1, 0.15) is 0 Å². The van der Waals surface area contributed by atoms with Crippen LogP contribution in [0.15, 0.2) is 12.3 Å². The lowest BCUT2D eigenvalue weighted by Crippen LogP contribution is -2.23. The average Bonchev–Trinajstić information content (AvgIpc) is 2.88. The van der Waals surface area contributed by atoms with Gasteiger partial charge < -0.3 is 5.32 Å². The minimum Gasteiger partial charge on any atom is -0.311 e. The Morgan fingerprint density at radius 3 is 2.58 bits per heavy atom. The van der Waals surface area contributed by atoms with E-state index in [1.165, 1.54) is 6.42 Å². The molecule has 1 heterocycles. The molecule has 1 N–H and O–H groups in total. The van der Waals surface area contributed by atoms with E-state index in [0.29, 0.717) is 12.0 Å². The number of nitrogens with zero attached hydrogens (tertiary/aromatic N) is 2. The van der Waals surface area contributed by atoms with Crippen LogP contribution in [0.1, 0.15) is 58.2 Å². The van der Waals surface area contributed by atoms with E-state index < -0.39 is 0 Å². The molecule has 0 saturated heterocycles. The second-order valence-electron chi connectivity index (χ2n) is 5.14. The summed E-state index contributed by atoms with van der Waals surface area (Å²) in [6, 6.07) is 2.65. The molecule has 1 rings (SSSR count). The summed E-state index contributed by atoms with van der Waals surface area (Å²) in [7, 11) is 0. The molecule has 110 valence electrons. The van der Waals surface area contributed by atoms with Crippen molar-refractivity contribution in [2.24, 2.45) is 5.92 Å². The van der Waals surface area contributed by atoms with Crippen LogP contribution in [0, 0.1) is 5.92 Å². The molecule has 0 saturated carbocycles. The molecule has 0 aromatic carbocycles. The fourth-order valence-electron chi connectivity index (χ4n) is 2.35. The van der Waals surface area contributed by atoms with Gasteiger partial charge >= 0.3 is 0 Å². The standard InChI is InChI=1S/C15H28ClN3/c1-4-13(7-9-16)11-17-12-14-8-10-19(18-14)15(5-2)6-3/h8,10,13,15,17H,4-7,9,11-12H2,1-3H3. The van der Waals surface area contributed by atoms with E-state index in [1.807, 2.05) is 0 Å². The van der Waals surface area contributed by atoms with E-state index in [1.54, 1.807) is 0 Å². The number of alkyl halides is 1. The van der Waals surface area contributed by atoms with Gasteiger partial charge in [-0.3, -0.25) is 4.68 Å². The Hall–Kier alpha value is -0.540. The molecular formula is C15H28ClN3. The number of nitrogens with one attached hydrogen (secondary N) is 1. The zero-order valence-corrected chi connectivity index (χ0v) is 13.3. The molecule has 0 aliphatic rings. The highest BCUT2D eigenvalue weighted by molar-refractivity contribution is 6.17. The van der Waals surface area contributed by atoms with E-state index in [-0.39, 0.29) is 0 Å². The first kappa shape index (κ1) is 16.5. The molecule has 0 amide bonds. The highest BCUT2D eigenvalue weighted by atomic mass is 35.5. The smallest absolute Gasteiger partial charge is 0.0762 e. The first-order chi connectivity index (χ1) is 9.24. The molecule has 4 heteroatoms. The molecule has 1 unspecified atom stereocenters. The van der Waals surface area contributed by atoms with Crippen molar-refractivity contribution >= 4 is 11.6 Å². The summed E-state index contributed by atoms with van der Waals surface area (Å²) >= 11 is 5.80. The second kappa shape index (κ2) is 9.38. The van der Waals surface area contributed by atoms with Crippen molar-refractivity contribution in [1.82, 2.24) is 15.1 Å². The third-order valence-corrected chi connectivity index (χ3v) is 4.03. The van der Waals surface area contributed by atoms with Crippen LogP contribution in [0.3, 0.4) is 0 Å². The minimum absolute atomic E-state index is 0.536. The zero-order valence-electron chi connectivity index (χ0n) is 12.5. The van der Waals surface area contributed by atoms with Gasteiger partial charge in [0.15, 0.2) is 0 Å². The quantitative estimate of drug-likeness (QED) is 0.659. The van der Waals surface area contributed by atoms with Crippen LogP contribution in [0.5, 0.6) is 0 Å². The van der Waals surface area contributed by atoms with Gasteiger partial charge in [0.2, 0.25) is 0 Å². The lowest BCUT2D eigenvalue weighted by Gasteiger charge is -2.14. The second-order valence-corrected chi connectivity index (χ2v) is 5.52. The van der Waals surface area contributed by atoms with Crippen LogP contribution in [0.4, 0.5) is 0 Å². The molecular weight excluding hydrogens is 258 g/mol. The number of hydrogen-bond donors (Lipinski definition) is 1. The lowest BCUT2D eigenvalue weighted by atomic mass is 10.0. The zero-order chi connectivity index (χ0) is 14.1. The molecule has 0 radical (unpaired) electrons. The Kier molecular flexibility index (Phi) is 8.15. The fraction of sp³-hybridized carbons (Fsp3) is 0.800. The summed E-state index contributed by atoms with van der Waals surface area (Å²) in [5, 5.41) is 8.14. The van der Waals surface area contributed by atoms with Crippen molar-refractivity contribution in [3.05, 3.63) is 18.0 Å². The van der Waals surface area contributed by atoms with E-state index >= 15 is 0 Å². The van der Waals surface area contributed by atoms with Crippen LogP contribution in [0.2, 0.25) is 0 Å². The largest absolute Gasteiger partial charge is 0.311 e. The minimum atomic E-state index is 0.536. The summed E-state index contributed by atoms with van der Waals surface area (Å²) in [6.45, 7) is 8.53. The Morgan fingerprint density at radius 1 is 1.26 bits per heavy atom. The highest BCUT2D eigenvalue weighted by Crippen LogP contribution is 2.14. The Bertz CT molecular complexity index is 334. The van der Waals surface area contributed by atoms with Gasteiger partial charge in [-0.15, -0.1) is 11.6 Å². The van der Waals surface area contributed by atoms with Crippen LogP contribution < -0.4 is 5.32 Å². The molecule has 19 heavy (non-hydrogen) atoms. The Morgan fingerprint density at radius 2 is 2.00 bits per heavy atom. The average molecular weight is 286 g/mol.